The second-order valence-electron chi connectivity index (χ2n) is 6.01. The summed E-state index contributed by atoms with van der Waals surface area (Å²) in [7, 11) is 1.46. The quantitative estimate of drug-likeness (QED) is 0.596. The summed E-state index contributed by atoms with van der Waals surface area (Å²) >= 11 is 8.36. The Morgan fingerprint density at radius 1 is 1.46 bits per heavy atom. The van der Waals surface area contributed by atoms with Gasteiger partial charge in [-0.1, -0.05) is 20.8 Å². The molecule has 0 aliphatic carbocycles. The summed E-state index contributed by atoms with van der Waals surface area (Å²) in [4.78, 5) is 12.5. The predicted octanol–water partition coefficient (Wildman–Crippen LogP) is 2.96. The van der Waals surface area contributed by atoms with Crippen molar-refractivity contribution in [1.29, 1.82) is 0 Å². The number of benzene rings is 1. The minimum absolute atomic E-state index is 0.0518. The highest BCUT2D eigenvalue weighted by atomic mass is 79.9. The molecule has 0 radical (unpaired) electrons. The van der Waals surface area contributed by atoms with Crippen molar-refractivity contribution in [1.82, 2.24) is 14.9 Å². The van der Waals surface area contributed by atoms with Gasteiger partial charge in [0.2, 0.25) is 4.77 Å². The maximum atomic E-state index is 12.5. The first-order valence-electron chi connectivity index (χ1n) is 6.99. The number of aromatic amines is 1. The Bertz CT molecular complexity index is 912. The summed E-state index contributed by atoms with van der Waals surface area (Å²) < 4.78 is 6.57. The molecule has 0 aliphatic rings. The van der Waals surface area contributed by atoms with Crippen LogP contribution in [0.4, 0.5) is 0 Å². The van der Waals surface area contributed by atoms with Crippen LogP contribution in [-0.4, -0.2) is 33.3 Å². The molecular weight excluding hydrogens is 396 g/mol. The fourth-order valence-corrected chi connectivity index (χ4v) is 2.54. The molecule has 0 saturated carbocycles. The van der Waals surface area contributed by atoms with Gasteiger partial charge in [-0.2, -0.15) is 14.9 Å². The number of aromatic nitrogens is 3. The summed E-state index contributed by atoms with van der Waals surface area (Å²) in [5, 5.41) is 20.8. The molecule has 7 nitrogen and oxygen atoms in total. The van der Waals surface area contributed by atoms with Gasteiger partial charge in [-0.3, -0.25) is 9.89 Å². The normalized spacial score (nSPS) is 11.9. The first kappa shape index (κ1) is 18.3. The van der Waals surface area contributed by atoms with Gasteiger partial charge in [0.15, 0.2) is 11.5 Å². The van der Waals surface area contributed by atoms with E-state index in [-0.39, 0.29) is 10.5 Å². The average molecular weight is 413 g/mol. The number of H-pyrrole nitrogens is 1. The first-order valence-corrected chi connectivity index (χ1v) is 8.19. The van der Waals surface area contributed by atoms with Crippen molar-refractivity contribution in [2.75, 3.05) is 7.11 Å². The number of phenols is 1. The summed E-state index contributed by atoms with van der Waals surface area (Å²) in [6, 6.07) is 3.29. The van der Waals surface area contributed by atoms with Crippen LogP contribution in [0.3, 0.4) is 0 Å². The molecule has 0 amide bonds. The molecule has 9 heteroatoms. The van der Waals surface area contributed by atoms with Gasteiger partial charge < -0.3 is 9.84 Å². The molecule has 1 aromatic heterocycles. The minimum Gasteiger partial charge on any atom is -0.503 e. The maximum absolute atomic E-state index is 12.5. The second kappa shape index (κ2) is 6.86. The van der Waals surface area contributed by atoms with Crippen molar-refractivity contribution in [3.63, 3.8) is 0 Å². The van der Waals surface area contributed by atoms with Gasteiger partial charge >= 0.3 is 0 Å². The van der Waals surface area contributed by atoms with Gasteiger partial charge in [0, 0.05) is 11.0 Å². The van der Waals surface area contributed by atoms with Crippen LogP contribution < -0.4 is 10.3 Å². The number of nitrogens with zero attached hydrogens (tertiary/aromatic N) is 3. The van der Waals surface area contributed by atoms with Crippen LogP contribution in [-0.2, 0) is 5.41 Å². The maximum Gasteiger partial charge on any atom is 0.297 e. The Labute approximate surface area is 152 Å². The summed E-state index contributed by atoms with van der Waals surface area (Å²) in [6.07, 6.45) is 1.42. The molecule has 2 N–H and O–H groups in total. The van der Waals surface area contributed by atoms with Crippen molar-refractivity contribution < 1.29 is 9.84 Å². The smallest absolute Gasteiger partial charge is 0.297 e. The van der Waals surface area contributed by atoms with E-state index in [1.807, 2.05) is 20.8 Å². The number of halogens is 1. The fraction of sp³-hybridized carbons (Fsp3) is 0.333. The Morgan fingerprint density at radius 2 is 2.12 bits per heavy atom. The molecule has 24 heavy (non-hydrogen) atoms. The Balaban J connectivity index is 2.53. The van der Waals surface area contributed by atoms with Crippen molar-refractivity contribution in [3.05, 3.63) is 43.0 Å². The zero-order valence-corrected chi connectivity index (χ0v) is 16.0. The number of hydrogen-bond donors (Lipinski definition) is 2. The lowest BCUT2D eigenvalue weighted by Crippen LogP contribution is -2.32. The predicted molar refractivity (Wildman–Crippen MR) is 97.7 cm³/mol. The number of ether oxygens (including phenoxy) is 1. The van der Waals surface area contributed by atoms with E-state index in [9.17, 15) is 9.90 Å². The van der Waals surface area contributed by atoms with Gasteiger partial charge in [-0.05, 0) is 40.3 Å². The number of phenolic OH excluding ortho intramolecular Hbond substituents is 1. The van der Waals surface area contributed by atoms with E-state index in [1.54, 1.807) is 12.1 Å². The molecular formula is C15H17BrN4O3S. The van der Waals surface area contributed by atoms with Gasteiger partial charge in [-0.15, -0.1) is 0 Å². The van der Waals surface area contributed by atoms with Crippen molar-refractivity contribution >= 4 is 34.4 Å². The number of hydrogen-bond acceptors (Lipinski definition) is 6. The van der Waals surface area contributed by atoms with Crippen LogP contribution in [0.25, 0.3) is 0 Å². The number of rotatable bonds is 3. The van der Waals surface area contributed by atoms with E-state index in [0.29, 0.717) is 21.5 Å². The largest absolute Gasteiger partial charge is 0.503 e. The van der Waals surface area contributed by atoms with E-state index in [4.69, 9.17) is 17.0 Å². The number of methoxy groups -OCH3 is 1. The van der Waals surface area contributed by atoms with Crippen LogP contribution in [0.2, 0.25) is 0 Å². The molecule has 0 saturated heterocycles. The minimum atomic E-state index is -0.452. The highest BCUT2D eigenvalue weighted by molar-refractivity contribution is 9.10. The summed E-state index contributed by atoms with van der Waals surface area (Å²) in [6.45, 7) is 5.62. The van der Waals surface area contributed by atoms with Gasteiger partial charge in [0.05, 0.1) is 17.8 Å². The molecule has 0 atom stereocenters. The lowest BCUT2D eigenvalue weighted by Gasteiger charge is -2.16. The average Bonchev–Trinajstić information content (AvgIpc) is 2.49. The van der Waals surface area contributed by atoms with E-state index in [0.717, 1.165) is 4.68 Å². The highest BCUT2D eigenvalue weighted by Gasteiger charge is 2.21. The van der Waals surface area contributed by atoms with E-state index in [2.05, 4.69) is 31.2 Å². The molecule has 2 aromatic rings. The molecule has 2 rings (SSSR count). The van der Waals surface area contributed by atoms with Crippen molar-refractivity contribution in [2.24, 2.45) is 5.10 Å². The molecule has 0 fully saturated rings. The van der Waals surface area contributed by atoms with Crippen LogP contribution in [0.1, 0.15) is 32.0 Å². The van der Waals surface area contributed by atoms with Crippen LogP contribution in [0.5, 0.6) is 11.5 Å². The standard InChI is InChI=1S/C15H17BrN4O3S/c1-15(2,3)12-13(22)20(14(24)19-18-12)17-7-8-5-6-9(23-4)11(21)10(8)16/h5-7,21H,1-4H3,(H,19,24)/b17-7-. The third-order valence-corrected chi connectivity index (χ3v) is 4.30. The van der Waals surface area contributed by atoms with Gasteiger partial charge in [0.25, 0.3) is 5.56 Å². The Kier molecular flexibility index (Phi) is 5.24. The van der Waals surface area contributed by atoms with Crippen molar-refractivity contribution in [2.45, 2.75) is 26.2 Å². The lowest BCUT2D eigenvalue weighted by atomic mass is 9.93. The lowest BCUT2D eigenvalue weighted by molar-refractivity contribution is 0.372. The van der Waals surface area contributed by atoms with Crippen molar-refractivity contribution in [3.8, 4) is 11.5 Å². The number of aromatic hydroxyl groups is 1. The topological polar surface area (TPSA) is 92.5 Å². The SMILES string of the molecule is COc1ccc(/C=N\n2c(=S)[nH]nc(C(C)(C)C)c2=O)c(Br)c1O. The Morgan fingerprint density at radius 3 is 2.71 bits per heavy atom. The van der Waals surface area contributed by atoms with Crippen LogP contribution in [0, 0.1) is 4.77 Å². The zero-order chi connectivity index (χ0) is 18.1. The summed E-state index contributed by atoms with van der Waals surface area (Å²) in [5.74, 6) is 0.275. The number of nitrogens with one attached hydrogen (secondary N) is 1. The molecule has 0 unspecified atom stereocenters. The zero-order valence-electron chi connectivity index (χ0n) is 13.6. The molecule has 1 heterocycles. The highest BCUT2D eigenvalue weighted by Crippen LogP contribution is 2.35. The van der Waals surface area contributed by atoms with Gasteiger partial charge in [-0.25, -0.2) is 0 Å². The fourth-order valence-electron chi connectivity index (χ4n) is 1.93. The van der Waals surface area contributed by atoms with Crippen LogP contribution >= 0.6 is 28.1 Å². The molecule has 128 valence electrons. The Hall–Kier alpha value is -2.00. The van der Waals surface area contributed by atoms with E-state index in [1.165, 1.54) is 13.3 Å². The monoisotopic (exact) mass is 412 g/mol. The summed E-state index contributed by atoms with van der Waals surface area (Å²) in [5.41, 5.74) is 0.0392. The molecule has 0 aliphatic heterocycles. The second-order valence-corrected chi connectivity index (χ2v) is 7.19. The molecule has 0 spiro atoms. The third kappa shape index (κ3) is 3.57. The molecule has 0 bridgehead atoms. The van der Waals surface area contributed by atoms with E-state index >= 15 is 0 Å². The van der Waals surface area contributed by atoms with Gasteiger partial charge in [0.1, 0.15) is 5.69 Å². The van der Waals surface area contributed by atoms with Crippen LogP contribution in [0.15, 0.2) is 26.5 Å². The molecule has 1 aromatic carbocycles. The third-order valence-electron chi connectivity index (χ3n) is 3.20. The first-order chi connectivity index (χ1) is 11.2. The van der Waals surface area contributed by atoms with E-state index < -0.39 is 11.0 Å².